The topological polar surface area (TPSA) is 40.5 Å². The Labute approximate surface area is 129 Å². The highest BCUT2D eigenvalue weighted by atomic mass is 16.3. The third-order valence-electron chi connectivity index (χ3n) is 4.58. The first-order valence-electron chi connectivity index (χ1n) is 7.67. The minimum atomic E-state index is -0.531. The Kier molecular flexibility index (Phi) is 3.21. The number of fused-ring (bicyclic) bond motifs is 2. The van der Waals surface area contributed by atoms with Crippen molar-refractivity contribution in [1.82, 2.24) is 0 Å². The molecule has 0 radical (unpaired) electrons. The number of aliphatic hydroxyl groups is 2. The van der Waals surface area contributed by atoms with Gasteiger partial charge in [0.15, 0.2) is 0 Å². The summed E-state index contributed by atoms with van der Waals surface area (Å²) in [5.41, 5.74) is 3.14. The average molecular weight is 290 g/mol. The standard InChI is InChI=1S/C20H18O2/c21-17-9-7-13-5-6-15(11-16(13)12-17)19-10-8-14-3-1-2-4-18(14)20(19)22/h1-8,10-12,17,19-22H,9H2. The molecule has 0 bridgehead atoms. The summed E-state index contributed by atoms with van der Waals surface area (Å²) in [6, 6.07) is 14.2. The lowest BCUT2D eigenvalue weighted by Gasteiger charge is -2.26. The van der Waals surface area contributed by atoms with Crippen LogP contribution in [0.3, 0.4) is 0 Å². The molecule has 0 spiro atoms. The van der Waals surface area contributed by atoms with Gasteiger partial charge < -0.3 is 10.2 Å². The largest absolute Gasteiger partial charge is 0.389 e. The zero-order valence-corrected chi connectivity index (χ0v) is 12.2. The molecule has 2 N–H and O–H groups in total. The fourth-order valence-corrected chi connectivity index (χ4v) is 3.39. The molecule has 3 atom stereocenters. The maximum absolute atomic E-state index is 10.7. The average Bonchev–Trinajstić information content (AvgIpc) is 2.55. The highest BCUT2D eigenvalue weighted by molar-refractivity contribution is 5.60. The summed E-state index contributed by atoms with van der Waals surface area (Å²) in [6.07, 6.45) is 7.84. The summed E-state index contributed by atoms with van der Waals surface area (Å²) in [5.74, 6) is -0.0485. The van der Waals surface area contributed by atoms with Crippen molar-refractivity contribution in [2.75, 3.05) is 0 Å². The molecule has 2 aromatic rings. The minimum absolute atomic E-state index is 0.0485. The molecule has 0 fully saturated rings. The van der Waals surface area contributed by atoms with E-state index < -0.39 is 12.2 Å². The van der Waals surface area contributed by atoms with Crippen LogP contribution in [0.1, 0.15) is 35.1 Å². The first kappa shape index (κ1) is 13.5. The van der Waals surface area contributed by atoms with E-state index in [1.807, 2.05) is 30.3 Å². The lowest BCUT2D eigenvalue weighted by Crippen LogP contribution is -2.31. The predicted octanol–water partition coefficient (Wildman–Crippen LogP) is 1.86. The molecule has 2 heteroatoms. The van der Waals surface area contributed by atoms with Crippen molar-refractivity contribution in [3.8, 4) is 0 Å². The quantitative estimate of drug-likeness (QED) is 0.841. The molecule has 2 nitrogen and oxygen atoms in total. The van der Waals surface area contributed by atoms with Crippen molar-refractivity contribution in [2.45, 2.75) is 24.5 Å². The Morgan fingerprint density at radius 3 is 2.73 bits per heavy atom. The van der Waals surface area contributed by atoms with Gasteiger partial charge >= 0.3 is 0 Å². The van der Waals surface area contributed by atoms with Crippen molar-refractivity contribution in [2.24, 2.45) is 0 Å². The van der Waals surface area contributed by atoms with E-state index in [-0.39, 0.29) is 5.92 Å². The van der Waals surface area contributed by atoms with Crippen LogP contribution in [0.15, 0.2) is 48.5 Å². The van der Waals surface area contributed by atoms with Gasteiger partial charge in [-0.1, -0.05) is 60.7 Å². The SMILES string of the molecule is OC1C=c2cc(C3C=Cc4ccccc4C3O)ccc2=CC1. The van der Waals surface area contributed by atoms with Gasteiger partial charge in [0.25, 0.3) is 0 Å². The Morgan fingerprint density at radius 2 is 1.82 bits per heavy atom. The Hall–Kier alpha value is -2.16. The van der Waals surface area contributed by atoms with E-state index in [0.29, 0.717) is 6.42 Å². The lowest BCUT2D eigenvalue weighted by atomic mass is 9.82. The van der Waals surface area contributed by atoms with Crippen LogP contribution in [0.4, 0.5) is 0 Å². The van der Waals surface area contributed by atoms with Gasteiger partial charge in [0, 0.05) is 5.92 Å². The van der Waals surface area contributed by atoms with Gasteiger partial charge in [-0.25, -0.2) is 0 Å². The van der Waals surface area contributed by atoms with E-state index in [2.05, 4.69) is 36.4 Å². The van der Waals surface area contributed by atoms with Gasteiger partial charge in [0.1, 0.15) is 0 Å². The number of hydrogen-bond acceptors (Lipinski definition) is 2. The number of aliphatic hydroxyl groups excluding tert-OH is 2. The third kappa shape index (κ3) is 2.21. The summed E-state index contributed by atoms with van der Waals surface area (Å²) in [6.45, 7) is 0. The Morgan fingerprint density at radius 1 is 0.955 bits per heavy atom. The van der Waals surface area contributed by atoms with E-state index in [4.69, 9.17) is 0 Å². The van der Waals surface area contributed by atoms with Crippen LogP contribution in [-0.2, 0) is 0 Å². The second-order valence-corrected chi connectivity index (χ2v) is 6.02. The highest BCUT2D eigenvalue weighted by Crippen LogP contribution is 2.37. The molecule has 0 saturated carbocycles. The summed E-state index contributed by atoms with van der Waals surface area (Å²) in [5, 5.41) is 22.7. The first-order valence-corrected chi connectivity index (χ1v) is 7.67. The molecule has 0 heterocycles. The van der Waals surface area contributed by atoms with Gasteiger partial charge in [-0.05, 0) is 39.6 Å². The molecule has 22 heavy (non-hydrogen) atoms. The fraction of sp³-hybridized carbons (Fsp3) is 0.200. The van der Waals surface area contributed by atoms with E-state index in [1.54, 1.807) is 0 Å². The zero-order valence-electron chi connectivity index (χ0n) is 12.2. The van der Waals surface area contributed by atoms with Crippen LogP contribution in [-0.4, -0.2) is 16.3 Å². The van der Waals surface area contributed by atoms with Crippen molar-refractivity contribution in [3.63, 3.8) is 0 Å². The minimum Gasteiger partial charge on any atom is -0.389 e. The lowest BCUT2D eigenvalue weighted by molar-refractivity contribution is 0.160. The summed E-state index contributed by atoms with van der Waals surface area (Å²) < 4.78 is 0. The Balaban J connectivity index is 1.79. The molecule has 3 unspecified atom stereocenters. The highest BCUT2D eigenvalue weighted by Gasteiger charge is 2.25. The maximum atomic E-state index is 10.7. The molecule has 2 aliphatic rings. The van der Waals surface area contributed by atoms with E-state index in [1.165, 1.54) is 0 Å². The first-order chi connectivity index (χ1) is 10.7. The van der Waals surface area contributed by atoms with Crippen LogP contribution in [0.5, 0.6) is 0 Å². The van der Waals surface area contributed by atoms with Crippen LogP contribution < -0.4 is 10.4 Å². The van der Waals surface area contributed by atoms with Crippen LogP contribution in [0.25, 0.3) is 18.2 Å². The van der Waals surface area contributed by atoms with Gasteiger partial charge in [0.05, 0.1) is 12.2 Å². The molecule has 0 amide bonds. The van der Waals surface area contributed by atoms with E-state index in [9.17, 15) is 10.2 Å². The molecule has 2 aliphatic carbocycles. The Bertz CT molecular complexity index is 864. The molecule has 0 saturated heterocycles. The van der Waals surface area contributed by atoms with Crippen LogP contribution in [0.2, 0.25) is 0 Å². The monoisotopic (exact) mass is 290 g/mol. The van der Waals surface area contributed by atoms with Gasteiger partial charge in [-0.3, -0.25) is 0 Å². The van der Waals surface area contributed by atoms with Crippen LogP contribution in [0, 0.1) is 0 Å². The van der Waals surface area contributed by atoms with Gasteiger partial charge in [-0.2, -0.15) is 0 Å². The second kappa shape index (κ2) is 5.24. The normalized spacial score (nSPS) is 25.6. The van der Waals surface area contributed by atoms with Crippen molar-refractivity contribution in [1.29, 1.82) is 0 Å². The maximum Gasteiger partial charge on any atom is 0.0899 e. The zero-order chi connectivity index (χ0) is 15.1. The van der Waals surface area contributed by atoms with Gasteiger partial charge in [-0.15, -0.1) is 0 Å². The van der Waals surface area contributed by atoms with E-state index >= 15 is 0 Å². The number of rotatable bonds is 1. The molecule has 110 valence electrons. The number of benzene rings is 2. The molecular weight excluding hydrogens is 272 g/mol. The van der Waals surface area contributed by atoms with Crippen molar-refractivity contribution in [3.05, 3.63) is 75.7 Å². The smallest absolute Gasteiger partial charge is 0.0899 e. The molecule has 0 aromatic heterocycles. The molecule has 2 aromatic carbocycles. The summed E-state index contributed by atoms with van der Waals surface area (Å²) in [7, 11) is 0. The van der Waals surface area contributed by atoms with Gasteiger partial charge in [0.2, 0.25) is 0 Å². The van der Waals surface area contributed by atoms with E-state index in [0.717, 1.165) is 27.1 Å². The van der Waals surface area contributed by atoms with Crippen molar-refractivity contribution < 1.29 is 10.2 Å². The molecule has 4 rings (SSSR count). The fourth-order valence-electron chi connectivity index (χ4n) is 3.39. The summed E-state index contributed by atoms with van der Waals surface area (Å²) >= 11 is 0. The third-order valence-corrected chi connectivity index (χ3v) is 4.58. The predicted molar refractivity (Wildman–Crippen MR) is 88.4 cm³/mol. The molecular formula is C20H18O2. The summed E-state index contributed by atoms with van der Waals surface area (Å²) in [4.78, 5) is 0. The second-order valence-electron chi connectivity index (χ2n) is 6.02. The number of hydrogen-bond donors (Lipinski definition) is 2. The van der Waals surface area contributed by atoms with Crippen molar-refractivity contribution >= 4 is 18.2 Å². The van der Waals surface area contributed by atoms with Crippen LogP contribution >= 0.6 is 0 Å². The molecule has 0 aliphatic heterocycles.